The van der Waals surface area contributed by atoms with E-state index in [-0.39, 0.29) is 11.6 Å². The molecule has 170 valence electrons. The third-order valence-corrected chi connectivity index (χ3v) is 6.95. The minimum Gasteiger partial charge on any atom is -0.300 e. The second-order valence-electron chi connectivity index (χ2n) is 8.33. The van der Waals surface area contributed by atoms with E-state index in [1.165, 1.54) is 18.2 Å². The Labute approximate surface area is 206 Å². The Kier molecular flexibility index (Phi) is 6.81. The highest BCUT2D eigenvalue weighted by molar-refractivity contribution is 6.42. The van der Waals surface area contributed by atoms with E-state index in [1.54, 1.807) is 36.5 Å². The first-order valence-electron chi connectivity index (χ1n) is 10.4. The fraction of sp³-hybridized carbons (Fsp3) is 0.192. The zero-order valence-electron chi connectivity index (χ0n) is 18.0. The van der Waals surface area contributed by atoms with Crippen molar-refractivity contribution in [3.63, 3.8) is 0 Å². The Morgan fingerprint density at radius 2 is 1.58 bits per heavy atom. The van der Waals surface area contributed by atoms with E-state index in [0.717, 1.165) is 16.9 Å². The van der Waals surface area contributed by atoms with Gasteiger partial charge < -0.3 is 0 Å². The summed E-state index contributed by atoms with van der Waals surface area (Å²) in [7, 11) is 0. The fourth-order valence-electron chi connectivity index (χ4n) is 3.93. The maximum atomic E-state index is 14.3. The van der Waals surface area contributed by atoms with Crippen LogP contribution in [0.25, 0.3) is 5.69 Å². The summed E-state index contributed by atoms with van der Waals surface area (Å²) in [6, 6.07) is 16.4. The molecule has 0 amide bonds. The van der Waals surface area contributed by atoms with Crippen molar-refractivity contribution in [3.05, 3.63) is 116 Å². The number of rotatable bonds is 6. The summed E-state index contributed by atoms with van der Waals surface area (Å²) in [6.45, 7) is 4.11. The van der Waals surface area contributed by atoms with Crippen LogP contribution in [0, 0.1) is 11.6 Å². The molecule has 0 aliphatic heterocycles. The molecule has 0 saturated carbocycles. The normalized spacial score (nSPS) is 11.7. The highest BCUT2D eigenvalue weighted by Crippen LogP contribution is 2.37. The van der Waals surface area contributed by atoms with Crippen molar-refractivity contribution >= 4 is 34.8 Å². The molecule has 0 bridgehead atoms. The molecular weight excluding hydrogens is 485 g/mol. The molecule has 0 fully saturated rings. The van der Waals surface area contributed by atoms with Gasteiger partial charge in [0, 0.05) is 34.3 Å². The lowest BCUT2D eigenvalue weighted by molar-refractivity contribution is 0.590. The third-order valence-electron chi connectivity index (χ3n) is 5.86. The first-order valence-corrected chi connectivity index (χ1v) is 11.5. The van der Waals surface area contributed by atoms with Gasteiger partial charge in [-0.05, 0) is 60.5 Å². The molecule has 0 aliphatic carbocycles. The molecular formula is C26H21Cl3F2N2. The molecule has 1 heterocycles. The second-order valence-corrected chi connectivity index (χ2v) is 9.55. The van der Waals surface area contributed by atoms with Crippen molar-refractivity contribution in [3.8, 4) is 5.69 Å². The fourth-order valence-corrected chi connectivity index (χ4v) is 4.48. The summed E-state index contributed by atoms with van der Waals surface area (Å²) >= 11 is 18.6. The first-order chi connectivity index (χ1) is 15.7. The van der Waals surface area contributed by atoms with Crippen molar-refractivity contribution < 1.29 is 8.78 Å². The number of aryl methyl sites for hydroxylation is 1. The summed E-state index contributed by atoms with van der Waals surface area (Å²) in [5.41, 5.74) is 2.51. The van der Waals surface area contributed by atoms with Gasteiger partial charge in [-0.15, -0.1) is 0 Å². The Balaban J connectivity index is 1.80. The summed E-state index contributed by atoms with van der Waals surface area (Å²) in [6.07, 6.45) is 2.61. The molecule has 7 heteroatoms. The van der Waals surface area contributed by atoms with Crippen LogP contribution in [0.15, 0.2) is 66.9 Å². The zero-order valence-corrected chi connectivity index (χ0v) is 20.3. The van der Waals surface area contributed by atoms with Crippen molar-refractivity contribution in [2.24, 2.45) is 0 Å². The Hall–Kier alpha value is -2.40. The summed E-state index contributed by atoms with van der Waals surface area (Å²) in [4.78, 5) is 4.67. The van der Waals surface area contributed by atoms with Crippen LogP contribution >= 0.6 is 34.8 Å². The second kappa shape index (κ2) is 9.46. The average molecular weight is 506 g/mol. The van der Waals surface area contributed by atoms with Crippen LogP contribution in [0.3, 0.4) is 0 Å². The quantitative estimate of drug-likeness (QED) is 0.258. The third kappa shape index (κ3) is 4.79. The molecule has 0 aliphatic rings. The minimum absolute atomic E-state index is 0.330. The minimum atomic E-state index is -0.510. The van der Waals surface area contributed by atoms with Crippen LogP contribution in [0.2, 0.25) is 15.1 Å². The molecule has 33 heavy (non-hydrogen) atoms. The number of aromatic nitrogens is 2. The number of halogens is 5. The molecule has 0 unspecified atom stereocenters. The lowest BCUT2D eigenvalue weighted by atomic mass is 9.81. The van der Waals surface area contributed by atoms with Crippen molar-refractivity contribution in [2.45, 2.75) is 32.1 Å². The van der Waals surface area contributed by atoms with Gasteiger partial charge in [-0.25, -0.2) is 13.8 Å². The van der Waals surface area contributed by atoms with E-state index in [0.29, 0.717) is 39.3 Å². The summed E-state index contributed by atoms with van der Waals surface area (Å²) < 4.78 is 30.0. The topological polar surface area (TPSA) is 17.8 Å². The van der Waals surface area contributed by atoms with E-state index in [1.807, 2.05) is 16.7 Å². The van der Waals surface area contributed by atoms with Crippen LogP contribution in [0.4, 0.5) is 8.78 Å². The molecule has 0 radical (unpaired) electrons. The van der Waals surface area contributed by atoms with Crippen molar-refractivity contribution in [1.82, 2.24) is 9.55 Å². The lowest BCUT2D eigenvalue weighted by Gasteiger charge is -2.28. The van der Waals surface area contributed by atoms with Gasteiger partial charge in [-0.1, -0.05) is 60.8 Å². The molecule has 4 rings (SSSR count). The molecule has 0 N–H and O–H groups in total. The monoisotopic (exact) mass is 504 g/mol. The van der Waals surface area contributed by atoms with Crippen LogP contribution in [-0.2, 0) is 18.3 Å². The lowest BCUT2D eigenvalue weighted by Crippen LogP contribution is -2.23. The number of hydrogen-bond donors (Lipinski definition) is 0. The van der Waals surface area contributed by atoms with Gasteiger partial charge in [0.15, 0.2) is 0 Å². The number of hydrogen-bond acceptors (Lipinski definition) is 1. The highest BCUT2D eigenvalue weighted by atomic mass is 35.5. The van der Waals surface area contributed by atoms with E-state index in [2.05, 4.69) is 18.8 Å². The van der Waals surface area contributed by atoms with Gasteiger partial charge in [-0.3, -0.25) is 4.57 Å². The summed E-state index contributed by atoms with van der Waals surface area (Å²) in [5.74, 6) is 0.0339. The zero-order chi connectivity index (χ0) is 23.8. The smallest absolute Gasteiger partial charge is 0.127 e. The summed E-state index contributed by atoms with van der Waals surface area (Å²) in [5, 5.41) is 1.32. The standard InChI is InChI=1S/C26H21Cl3F2N2/c1-26(2,16-6-12-21(28)22(29)14-16)24-15-32-25(33(24)18-9-7-17(30)8-10-18)13-11-19-20(27)4-3-5-23(19)31/h3-10,12,14-15H,11,13H2,1-2H3. The first kappa shape index (κ1) is 23.7. The predicted octanol–water partition coefficient (Wildman–Crippen LogP) is 8.22. The predicted molar refractivity (Wildman–Crippen MR) is 131 cm³/mol. The highest BCUT2D eigenvalue weighted by Gasteiger charge is 2.30. The van der Waals surface area contributed by atoms with E-state index >= 15 is 0 Å². The number of benzene rings is 3. The van der Waals surface area contributed by atoms with Crippen molar-refractivity contribution in [1.29, 1.82) is 0 Å². The Bertz CT molecular complexity index is 1280. The SMILES string of the molecule is CC(C)(c1ccc(Cl)c(Cl)c1)c1cnc(CCc2c(F)cccc2Cl)n1-c1ccc(F)cc1. The van der Waals surface area contributed by atoms with Gasteiger partial charge in [0.2, 0.25) is 0 Å². The van der Waals surface area contributed by atoms with Crippen molar-refractivity contribution in [2.75, 3.05) is 0 Å². The largest absolute Gasteiger partial charge is 0.300 e. The number of nitrogens with zero attached hydrogens (tertiary/aromatic N) is 2. The van der Waals surface area contributed by atoms with Gasteiger partial charge >= 0.3 is 0 Å². The van der Waals surface area contributed by atoms with Crippen LogP contribution in [-0.4, -0.2) is 9.55 Å². The molecule has 1 aromatic heterocycles. The Morgan fingerprint density at radius 3 is 2.24 bits per heavy atom. The maximum Gasteiger partial charge on any atom is 0.127 e. The van der Waals surface area contributed by atoms with Crippen LogP contribution in [0.1, 0.15) is 36.5 Å². The Morgan fingerprint density at radius 1 is 0.848 bits per heavy atom. The maximum absolute atomic E-state index is 14.3. The van der Waals surface area contributed by atoms with Crippen LogP contribution < -0.4 is 0 Å². The van der Waals surface area contributed by atoms with E-state index in [9.17, 15) is 8.78 Å². The van der Waals surface area contributed by atoms with Gasteiger partial charge in [-0.2, -0.15) is 0 Å². The van der Waals surface area contributed by atoms with Crippen LogP contribution in [0.5, 0.6) is 0 Å². The van der Waals surface area contributed by atoms with Gasteiger partial charge in [0.25, 0.3) is 0 Å². The van der Waals surface area contributed by atoms with E-state index in [4.69, 9.17) is 34.8 Å². The van der Waals surface area contributed by atoms with Gasteiger partial charge in [0.1, 0.15) is 17.5 Å². The van der Waals surface area contributed by atoms with E-state index < -0.39 is 5.41 Å². The number of imidazole rings is 1. The molecule has 0 atom stereocenters. The molecule has 0 saturated heterocycles. The molecule has 0 spiro atoms. The van der Waals surface area contributed by atoms with Gasteiger partial charge in [0.05, 0.1) is 15.7 Å². The molecule has 2 nitrogen and oxygen atoms in total. The molecule has 4 aromatic rings. The molecule has 3 aromatic carbocycles. The average Bonchev–Trinajstić information content (AvgIpc) is 3.20.